The van der Waals surface area contributed by atoms with E-state index in [-0.39, 0.29) is 24.0 Å². The van der Waals surface area contributed by atoms with E-state index in [2.05, 4.69) is 9.98 Å². The number of carbonyl (C=O) groups is 1. The van der Waals surface area contributed by atoms with Gasteiger partial charge in [-0.15, -0.1) is 0 Å². The molecule has 0 saturated carbocycles. The average molecular weight is 310 g/mol. The van der Waals surface area contributed by atoms with Crippen LogP contribution in [-0.2, 0) is 10.3 Å². The second kappa shape index (κ2) is 5.39. The number of aromatic hydroxyl groups is 1. The highest BCUT2D eigenvalue weighted by Crippen LogP contribution is 2.34. The molecule has 1 atom stereocenters. The molecule has 3 N–H and O–H groups in total. The van der Waals surface area contributed by atoms with Gasteiger partial charge in [-0.05, 0) is 36.8 Å². The summed E-state index contributed by atoms with van der Waals surface area (Å²) in [5.41, 5.74) is 7.50. The van der Waals surface area contributed by atoms with Gasteiger partial charge in [0.25, 0.3) is 0 Å². The number of rotatable bonds is 2. The van der Waals surface area contributed by atoms with Gasteiger partial charge in [-0.25, -0.2) is 4.99 Å². The maximum Gasteiger partial charge on any atom is 0.231 e. The summed E-state index contributed by atoms with van der Waals surface area (Å²) in [7, 11) is 1.62. The zero-order valence-electron chi connectivity index (χ0n) is 13.0. The second-order valence-corrected chi connectivity index (χ2v) is 5.85. The van der Waals surface area contributed by atoms with Gasteiger partial charge in [-0.3, -0.25) is 14.7 Å². The standard InChI is InChI=1S/C17H18N4O2/c1-17(10-15(23)21(2)16(18)20-17)12-6-7-19-14(9-12)11-4-3-5-13(22)8-11/h3-9,22H,10H2,1-2H3,(H2,18,20)/t17-/m0/s1. The maximum atomic E-state index is 12.1. The molecule has 1 amide bonds. The number of aromatic nitrogens is 1. The van der Waals surface area contributed by atoms with Crippen molar-refractivity contribution < 1.29 is 9.90 Å². The van der Waals surface area contributed by atoms with Crippen molar-refractivity contribution in [3.05, 3.63) is 48.2 Å². The van der Waals surface area contributed by atoms with Gasteiger partial charge in [0.1, 0.15) is 5.75 Å². The van der Waals surface area contributed by atoms with E-state index in [0.29, 0.717) is 5.69 Å². The summed E-state index contributed by atoms with van der Waals surface area (Å²) in [4.78, 5) is 22.3. The number of nitrogens with two attached hydrogens (primary N) is 1. The summed E-state index contributed by atoms with van der Waals surface area (Å²) < 4.78 is 0. The summed E-state index contributed by atoms with van der Waals surface area (Å²) >= 11 is 0. The third-order valence-corrected chi connectivity index (χ3v) is 4.10. The molecule has 0 fully saturated rings. The summed E-state index contributed by atoms with van der Waals surface area (Å²) in [5.74, 6) is 0.313. The Hall–Kier alpha value is -2.89. The lowest BCUT2D eigenvalue weighted by atomic mass is 9.87. The van der Waals surface area contributed by atoms with Gasteiger partial charge >= 0.3 is 0 Å². The number of guanidine groups is 1. The third-order valence-electron chi connectivity index (χ3n) is 4.10. The number of phenolic OH excluding ortho intramolecular Hbond substituents is 1. The Bertz CT molecular complexity index is 803. The van der Waals surface area contributed by atoms with E-state index >= 15 is 0 Å². The van der Waals surface area contributed by atoms with Crippen molar-refractivity contribution >= 4 is 11.9 Å². The van der Waals surface area contributed by atoms with Crippen molar-refractivity contribution in [3.8, 4) is 17.0 Å². The number of carbonyl (C=O) groups excluding carboxylic acids is 1. The van der Waals surface area contributed by atoms with Crippen molar-refractivity contribution in [3.63, 3.8) is 0 Å². The number of hydrogen-bond acceptors (Lipinski definition) is 5. The first-order chi connectivity index (χ1) is 10.9. The molecule has 1 aromatic carbocycles. The zero-order valence-corrected chi connectivity index (χ0v) is 13.0. The molecule has 1 aromatic heterocycles. The molecule has 6 nitrogen and oxygen atoms in total. The summed E-state index contributed by atoms with van der Waals surface area (Å²) in [6.07, 6.45) is 1.92. The lowest BCUT2D eigenvalue weighted by Crippen LogP contribution is -2.47. The Kier molecular flexibility index (Phi) is 3.52. The lowest BCUT2D eigenvalue weighted by molar-refractivity contribution is -0.128. The Morgan fingerprint density at radius 3 is 2.78 bits per heavy atom. The fourth-order valence-corrected chi connectivity index (χ4v) is 2.66. The van der Waals surface area contributed by atoms with Crippen molar-refractivity contribution in [2.75, 3.05) is 7.05 Å². The van der Waals surface area contributed by atoms with Crippen molar-refractivity contribution in [1.82, 2.24) is 9.88 Å². The molecule has 0 unspecified atom stereocenters. The van der Waals surface area contributed by atoms with Crippen LogP contribution in [0.15, 0.2) is 47.6 Å². The Morgan fingerprint density at radius 1 is 1.30 bits per heavy atom. The molecule has 2 aromatic rings. The van der Waals surface area contributed by atoms with Crippen LogP contribution < -0.4 is 5.73 Å². The molecule has 2 heterocycles. The highest BCUT2D eigenvalue weighted by atomic mass is 16.3. The predicted octanol–water partition coefficient (Wildman–Crippen LogP) is 1.85. The Morgan fingerprint density at radius 2 is 2.09 bits per heavy atom. The molecule has 0 aliphatic carbocycles. The minimum atomic E-state index is -0.720. The minimum absolute atomic E-state index is 0.0734. The van der Waals surface area contributed by atoms with E-state index in [1.54, 1.807) is 31.4 Å². The molecule has 0 saturated heterocycles. The zero-order chi connectivity index (χ0) is 16.6. The molecule has 6 heteroatoms. The number of hydrogen-bond donors (Lipinski definition) is 2. The van der Waals surface area contributed by atoms with Crippen LogP contribution in [0.3, 0.4) is 0 Å². The maximum absolute atomic E-state index is 12.1. The van der Waals surface area contributed by atoms with Crippen LogP contribution in [0.25, 0.3) is 11.3 Å². The summed E-state index contributed by atoms with van der Waals surface area (Å²) in [6, 6.07) is 10.6. The van der Waals surface area contributed by atoms with Gasteiger partial charge in [0.15, 0.2) is 5.96 Å². The van der Waals surface area contributed by atoms with Crippen LogP contribution in [0.5, 0.6) is 5.75 Å². The minimum Gasteiger partial charge on any atom is -0.508 e. The number of phenols is 1. The van der Waals surface area contributed by atoms with E-state index < -0.39 is 5.54 Å². The molecule has 1 aliphatic heterocycles. The summed E-state index contributed by atoms with van der Waals surface area (Å²) in [6.45, 7) is 1.88. The van der Waals surface area contributed by atoms with E-state index in [4.69, 9.17) is 5.73 Å². The first kappa shape index (κ1) is 15.0. The SMILES string of the molecule is CN1C(=O)C[C@@](C)(c2ccnc(-c3cccc(O)c3)c2)N=C1N. The fraction of sp³-hybridized carbons (Fsp3) is 0.235. The van der Waals surface area contributed by atoms with E-state index in [9.17, 15) is 9.90 Å². The molecule has 1 aliphatic rings. The molecule has 3 rings (SSSR count). The highest BCUT2D eigenvalue weighted by molar-refractivity contribution is 5.98. The lowest BCUT2D eigenvalue weighted by Gasteiger charge is -2.33. The van der Waals surface area contributed by atoms with Crippen molar-refractivity contribution in [2.24, 2.45) is 10.7 Å². The number of amides is 1. The Labute approximate surface area is 134 Å². The topological polar surface area (TPSA) is 91.8 Å². The molecule has 0 radical (unpaired) electrons. The van der Waals surface area contributed by atoms with Crippen LogP contribution in [0.1, 0.15) is 18.9 Å². The third kappa shape index (κ3) is 2.75. The average Bonchev–Trinajstić information content (AvgIpc) is 2.53. The van der Waals surface area contributed by atoms with Gasteiger partial charge in [0, 0.05) is 18.8 Å². The molecule has 23 heavy (non-hydrogen) atoms. The quantitative estimate of drug-likeness (QED) is 0.885. The number of pyridine rings is 1. The van der Waals surface area contributed by atoms with Crippen molar-refractivity contribution in [2.45, 2.75) is 18.9 Å². The van der Waals surface area contributed by atoms with Crippen LogP contribution in [0.4, 0.5) is 0 Å². The fourth-order valence-electron chi connectivity index (χ4n) is 2.66. The van der Waals surface area contributed by atoms with E-state index in [1.807, 2.05) is 25.1 Å². The number of benzene rings is 1. The highest BCUT2D eigenvalue weighted by Gasteiger charge is 2.36. The van der Waals surface area contributed by atoms with Crippen LogP contribution in [0.2, 0.25) is 0 Å². The largest absolute Gasteiger partial charge is 0.508 e. The molecular weight excluding hydrogens is 292 g/mol. The smallest absolute Gasteiger partial charge is 0.231 e. The predicted molar refractivity (Wildman–Crippen MR) is 87.7 cm³/mol. The van der Waals surface area contributed by atoms with E-state index in [0.717, 1.165) is 11.1 Å². The van der Waals surface area contributed by atoms with Gasteiger partial charge < -0.3 is 10.8 Å². The van der Waals surface area contributed by atoms with Crippen LogP contribution in [0, 0.1) is 0 Å². The molecule has 118 valence electrons. The monoisotopic (exact) mass is 310 g/mol. The van der Waals surface area contributed by atoms with Crippen LogP contribution >= 0.6 is 0 Å². The summed E-state index contributed by atoms with van der Waals surface area (Å²) in [5, 5.41) is 9.63. The van der Waals surface area contributed by atoms with Gasteiger partial charge in [-0.1, -0.05) is 12.1 Å². The Balaban J connectivity index is 2.05. The molecular formula is C17H18N4O2. The first-order valence-electron chi connectivity index (χ1n) is 7.27. The second-order valence-electron chi connectivity index (χ2n) is 5.85. The first-order valence-corrected chi connectivity index (χ1v) is 7.27. The molecule has 0 bridgehead atoms. The van der Waals surface area contributed by atoms with Gasteiger partial charge in [-0.2, -0.15) is 0 Å². The van der Waals surface area contributed by atoms with E-state index in [1.165, 1.54) is 4.90 Å². The number of aliphatic imine (C=N–C) groups is 1. The van der Waals surface area contributed by atoms with Crippen molar-refractivity contribution in [1.29, 1.82) is 0 Å². The van der Waals surface area contributed by atoms with Gasteiger partial charge in [0.2, 0.25) is 5.91 Å². The van der Waals surface area contributed by atoms with Crippen LogP contribution in [-0.4, -0.2) is 33.9 Å². The normalized spacial score (nSPS) is 21.2. The van der Waals surface area contributed by atoms with Gasteiger partial charge in [0.05, 0.1) is 17.7 Å². The number of nitrogens with zero attached hydrogens (tertiary/aromatic N) is 3. The molecule has 0 spiro atoms.